The van der Waals surface area contributed by atoms with Gasteiger partial charge in [-0.05, 0) is 26.8 Å². The van der Waals surface area contributed by atoms with Gasteiger partial charge in [-0.25, -0.2) is 4.79 Å². The van der Waals surface area contributed by atoms with Crippen molar-refractivity contribution in [2.75, 3.05) is 11.4 Å². The molecule has 0 radical (unpaired) electrons. The van der Waals surface area contributed by atoms with Crippen molar-refractivity contribution in [3.8, 4) is 6.07 Å². The SMILES string of the molecule is Cc1cc(N(CCC#N)C(C)C)c(C(=O)O)cn1. The summed E-state index contributed by atoms with van der Waals surface area (Å²) in [5.41, 5.74) is 1.56. The van der Waals surface area contributed by atoms with Gasteiger partial charge < -0.3 is 10.0 Å². The molecule has 0 aromatic carbocycles. The van der Waals surface area contributed by atoms with Gasteiger partial charge in [-0.1, -0.05) is 0 Å². The van der Waals surface area contributed by atoms with Crippen LogP contribution in [0.5, 0.6) is 0 Å². The quantitative estimate of drug-likeness (QED) is 0.863. The van der Waals surface area contributed by atoms with E-state index in [9.17, 15) is 9.90 Å². The molecule has 0 unspecified atom stereocenters. The standard InChI is InChI=1S/C13H17N3O2/c1-9(2)16(6-4-5-14)12-7-10(3)15-8-11(12)13(17)18/h7-9H,4,6H2,1-3H3,(H,17,18). The van der Waals surface area contributed by atoms with Crippen LogP contribution in [0.4, 0.5) is 5.69 Å². The van der Waals surface area contributed by atoms with Crippen LogP contribution in [-0.2, 0) is 0 Å². The summed E-state index contributed by atoms with van der Waals surface area (Å²) >= 11 is 0. The Morgan fingerprint density at radius 3 is 2.78 bits per heavy atom. The summed E-state index contributed by atoms with van der Waals surface area (Å²) < 4.78 is 0. The maximum absolute atomic E-state index is 11.2. The van der Waals surface area contributed by atoms with Gasteiger partial charge in [0, 0.05) is 24.5 Å². The molecule has 1 N–H and O–H groups in total. The molecule has 0 spiro atoms. The zero-order valence-corrected chi connectivity index (χ0v) is 10.8. The van der Waals surface area contributed by atoms with Gasteiger partial charge >= 0.3 is 5.97 Å². The molecule has 18 heavy (non-hydrogen) atoms. The molecule has 5 nitrogen and oxygen atoms in total. The molecule has 0 aliphatic rings. The molecule has 1 aromatic heterocycles. The molecule has 0 atom stereocenters. The summed E-state index contributed by atoms with van der Waals surface area (Å²) in [4.78, 5) is 17.1. The highest BCUT2D eigenvalue weighted by atomic mass is 16.4. The van der Waals surface area contributed by atoms with Crippen molar-refractivity contribution in [3.63, 3.8) is 0 Å². The van der Waals surface area contributed by atoms with Gasteiger partial charge in [0.2, 0.25) is 0 Å². The molecule has 96 valence electrons. The summed E-state index contributed by atoms with van der Waals surface area (Å²) in [6.45, 7) is 6.27. The Morgan fingerprint density at radius 2 is 2.28 bits per heavy atom. The molecule has 0 aliphatic heterocycles. The number of hydrogen-bond acceptors (Lipinski definition) is 4. The smallest absolute Gasteiger partial charge is 0.339 e. The lowest BCUT2D eigenvalue weighted by Crippen LogP contribution is -2.33. The minimum absolute atomic E-state index is 0.123. The van der Waals surface area contributed by atoms with Crippen LogP contribution in [0.15, 0.2) is 12.3 Å². The van der Waals surface area contributed by atoms with Crippen LogP contribution in [0.3, 0.4) is 0 Å². The van der Waals surface area contributed by atoms with Gasteiger partial charge in [0.15, 0.2) is 0 Å². The maximum atomic E-state index is 11.2. The minimum Gasteiger partial charge on any atom is -0.478 e. The van der Waals surface area contributed by atoms with E-state index in [1.54, 1.807) is 6.07 Å². The van der Waals surface area contributed by atoms with E-state index in [-0.39, 0.29) is 11.6 Å². The first-order valence-electron chi connectivity index (χ1n) is 5.81. The third-order valence-electron chi connectivity index (χ3n) is 2.65. The molecular weight excluding hydrogens is 230 g/mol. The van der Waals surface area contributed by atoms with Crippen molar-refractivity contribution >= 4 is 11.7 Å². The Bertz CT molecular complexity index is 478. The van der Waals surface area contributed by atoms with E-state index in [1.807, 2.05) is 25.7 Å². The average molecular weight is 247 g/mol. The van der Waals surface area contributed by atoms with Crippen LogP contribution in [0, 0.1) is 18.3 Å². The van der Waals surface area contributed by atoms with Crippen LogP contribution >= 0.6 is 0 Å². The van der Waals surface area contributed by atoms with E-state index >= 15 is 0 Å². The van der Waals surface area contributed by atoms with Crippen LogP contribution < -0.4 is 4.90 Å². The number of rotatable bonds is 5. The second-order valence-electron chi connectivity index (χ2n) is 4.34. The molecule has 0 saturated carbocycles. The number of carboxylic acids is 1. The Balaban J connectivity index is 3.21. The van der Waals surface area contributed by atoms with Crippen molar-refractivity contribution in [1.82, 2.24) is 4.98 Å². The zero-order valence-electron chi connectivity index (χ0n) is 10.8. The predicted molar refractivity (Wildman–Crippen MR) is 68.6 cm³/mol. The van der Waals surface area contributed by atoms with E-state index < -0.39 is 5.97 Å². The highest BCUT2D eigenvalue weighted by Crippen LogP contribution is 2.23. The fourth-order valence-corrected chi connectivity index (χ4v) is 1.78. The number of hydrogen-bond donors (Lipinski definition) is 1. The van der Waals surface area contributed by atoms with Gasteiger partial charge in [-0.2, -0.15) is 5.26 Å². The Labute approximate surface area is 107 Å². The first-order chi connectivity index (χ1) is 8.47. The molecule has 0 fully saturated rings. The Kier molecular flexibility index (Phi) is 4.67. The second kappa shape index (κ2) is 6.01. The number of carbonyl (C=O) groups is 1. The fourth-order valence-electron chi connectivity index (χ4n) is 1.78. The van der Waals surface area contributed by atoms with Gasteiger partial charge in [-0.15, -0.1) is 0 Å². The van der Waals surface area contributed by atoms with E-state index in [1.165, 1.54) is 6.20 Å². The third kappa shape index (κ3) is 3.20. The summed E-state index contributed by atoms with van der Waals surface area (Å²) in [6, 6.07) is 3.96. The van der Waals surface area contributed by atoms with Crippen LogP contribution in [-0.4, -0.2) is 28.6 Å². The molecular formula is C13H17N3O2. The van der Waals surface area contributed by atoms with Crippen LogP contribution in [0.25, 0.3) is 0 Å². The lowest BCUT2D eigenvalue weighted by atomic mass is 10.1. The maximum Gasteiger partial charge on any atom is 0.339 e. The summed E-state index contributed by atoms with van der Waals surface area (Å²) in [6.07, 6.45) is 1.73. The molecule has 0 aliphatic carbocycles. The summed E-state index contributed by atoms with van der Waals surface area (Å²) in [5.74, 6) is -1.000. The Morgan fingerprint density at radius 1 is 1.61 bits per heavy atom. The normalized spacial score (nSPS) is 10.2. The van der Waals surface area contributed by atoms with Crippen molar-refractivity contribution in [1.29, 1.82) is 5.26 Å². The lowest BCUT2D eigenvalue weighted by molar-refractivity contribution is 0.0697. The average Bonchev–Trinajstić information content (AvgIpc) is 2.28. The Hall–Kier alpha value is -2.09. The van der Waals surface area contributed by atoms with E-state index in [0.29, 0.717) is 18.7 Å². The van der Waals surface area contributed by atoms with Gasteiger partial charge in [0.1, 0.15) is 5.56 Å². The van der Waals surface area contributed by atoms with Gasteiger partial charge in [0.05, 0.1) is 18.2 Å². The largest absolute Gasteiger partial charge is 0.478 e. The first-order valence-corrected chi connectivity index (χ1v) is 5.81. The number of pyridine rings is 1. The number of aromatic carboxylic acids is 1. The fraction of sp³-hybridized carbons (Fsp3) is 0.462. The van der Waals surface area contributed by atoms with E-state index in [4.69, 9.17) is 5.26 Å². The predicted octanol–water partition coefficient (Wildman–Crippen LogP) is 2.22. The van der Waals surface area contributed by atoms with Gasteiger partial charge in [-0.3, -0.25) is 4.98 Å². The minimum atomic E-state index is -1.000. The summed E-state index contributed by atoms with van der Waals surface area (Å²) in [7, 11) is 0. The number of aromatic nitrogens is 1. The molecule has 1 aromatic rings. The van der Waals surface area contributed by atoms with Crippen molar-refractivity contribution in [2.24, 2.45) is 0 Å². The lowest BCUT2D eigenvalue weighted by Gasteiger charge is -2.29. The molecule has 0 amide bonds. The number of nitrogens with zero attached hydrogens (tertiary/aromatic N) is 3. The number of anilines is 1. The van der Waals surface area contributed by atoms with Crippen LogP contribution in [0.1, 0.15) is 36.3 Å². The van der Waals surface area contributed by atoms with Crippen molar-refractivity contribution in [3.05, 3.63) is 23.5 Å². The van der Waals surface area contributed by atoms with Crippen molar-refractivity contribution < 1.29 is 9.90 Å². The van der Waals surface area contributed by atoms with Crippen LogP contribution in [0.2, 0.25) is 0 Å². The molecule has 5 heteroatoms. The van der Waals surface area contributed by atoms with Crippen molar-refractivity contribution in [2.45, 2.75) is 33.2 Å². The first kappa shape index (κ1) is 14.0. The topological polar surface area (TPSA) is 77.2 Å². The summed E-state index contributed by atoms with van der Waals surface area (Å²) in [5, 5.41) is 17.9. The number of aryl methyl sites for hydroxylation is 1. The zero-order chi connectivity index (χ0) is 13.7. The third-order valence-corrected chi connectivity index (χ3v) is 2.65. The second-order valence-corrected chi connectivity index (χ2v) is 4.34. The molecule has 0 saturated heterocycles. The number of carboxylic acid groups (broad SMARTS) is 1. The monoisotopic (exact) mass is 247 g/mol. The van der Waals surface area contributed by atoms with E-state index in [2.05, 4.69) is 11.1 Å². The highest BCUT2D eigenvalue weighted by Gasteiger charge is 2.18. The van der Waals surface area contributed by atoms with Gasteiger partial charge in [0.25, 0.3) is 0 Å². The molecule has 0 bridgehead atoms. The molecule has 1 rings (SSSR count). The molecule has 1 heterocycles. The highest BCUT2D eigenvalue weighted by molar-refractivity contribution is 5.94. The number of nitriles is 1. The van der Waals surface area contributed by atoms with E-state index in [0.717, 1.165) is 5.69 Å².